The number of hydrogen-bond acceptors (Lipinski definition) is 2. The quantitative estimate of drug-likeness (QED) is 0.825. The molecular formula is C15H22N2OS. The van der Waals surface area contributed by atoms with Gasteiger partial charge in [0, 0.05) is 18.3 Å². The predicted octanol–water partition coefficient (Wildman–Crippen LogP) is 3.56. The van der Waals surface area contributed by atoms with Crippen molar-refractivity contribution in [1.29, 1.82) is 0 Å². The average molecular weight is 278 g/mol. The van der Waals surface area contributed by atoms with Crippen LogP contribution in [0.2, 0.25) is 0 Å². The first-order valence-corrected chi connectivity index (χ1v) is 7.37. The van der Waals surface area contributed by atoms with Crippen LogP contribution in [0.1, 0.15) is 32.1 Å². The molecule has 0 heterocycles. The lowest BCUT2D eigenvalue weighted by atomic mass is 9.89. The van der Waals surface area contributed by atoms with Gasteiger partial charge >= 0.3 is 0 Å². The molecule has 2 N–H and O–H groups in total. The van der Waals surface area contributed by atoms with Crippen molar-refractivity contribution >= 4 is 23.0 Å². The fourth-order valence-corrected chi connectivity index (χ4v) is 2.71. The standard InChI is InChI=1S/C15H22N2OS/c1-18-14-9-5-8-13(10-14)17-15(19)16-11-12-6-3-2-4-7-12/h5,8-10,12H,2-4,6-7,11H2,1H3,(H2,16,17,19). The van der Waals surface area contributed by atoms with Crippen LogP contribution in [0.5, 0.6) is 5.75 Å². The van der Waals surface area contributed by atoms with Gasteiger partial charge in [-0.1, -0.05) is 25.3 Å². The summed E-state index contributed by atoms with van der Waals surface area (Å²) in [6, 6.07) is 7.79. The Morgan fingerprint density at radius 2 is 2.11 bits per heavy atom. The Hall–Kier alpha value is -1.29. The number of nitrogens with one attached hydrogen (secondary N) is 2. The summed E-state index contributed by atoms with van der Waals surface area (Å²) in [6.45, 7) is 0.982. The normalized spacial score (nSPS) is 15.8. The van der Waals surface area contributed by atoms with Crippen molar-refractivity contribution in [1.82, 2.24) is 5.32 Å². The van der Waals surface area contributed by atoms with E-state index in [1.165, 1.54) is 32.1 Å². The molecular weight excluding hydrogens is 256 g/mol. The van der Waals surface area contributed by atoms with Crippen LogP contribution in [0.25, 0.3) is 0 Å². The van der Waals surface area contributed by atoms with Gasteiger partial charge in [-0.25, -0.2) is 0 Å². The number of hydrogen-bond donors (Lipinski definition) is 2. The van der Waals surface area contributed by atoms with Crippen LogP contribution in [0.4, 0.5) is 5.69 Å². The fraction of sp³-hybridized carbons (Fsp3) is 0.533. The lowest BCUT2D eigenvalue weighted by Gasteiger charge is -2.22. The minimum atomic E-state index is 0.693. The third-order valence-corrected chi connectivity index (χ3v) is 3.85. The molecule has 0 radical (unpaired) electrons. The second-order valence-electron chi connectivity index (χ2n) is 5.07. The number of ether oxygens (including phenoxy) is 1. The van der Waals surface area contributed by atoms with E-state index in [1.807, 2.05) is 24.3 Å². The Morgan fingerprint density at radius 1 is 1.32 bits per heavy atom. The molecule has 1 fully saturated rings. The van der Waals surface area contributed by atoms with Crippen molar-refractivity contribution in [3.8, 4) is 5.75 Å². The maximum absolute atomic E-state index is 5.32. The Kier molecular flexibility index (Phi) is 5.45. The maximum atomic E-state index is 5.32. The highest BCUT2D eigenvalue weighted by Gasteiger charge is 2.13. The van der Waals surface area contributed by atoms with Crippen LogP contribution < -0.4 is 15.4 Å². The van der Waals surface area contributed by atoms with Crippen LogP contribution >= 0.6 is 12.2 Å². The largest absolute Gasteiger partial charge is 0.497 e. The van der Waals surface area contributed by atoms with E-state index in [0.29, 0.717) is 5.11 Å². The van der Waals surface area contributed by atoms with Crippen molar-refractivity contribution in [3.05, 3.63) is 24.3 Å². The monoisotopic (exact) mass is 278 g/mol. The lowest BCUT2D eigenvalue weighted by molar-refractivity contribution is 0.357. The first-order chi connectivity index (χ1) is 9.28. The fourth-order valence-electron chi connectivity index (χ4n) is 2.50. The smallest absolute Gasteiger partial charge is 0.170 e. The number of rotatable bonds is 4. The zero-order valence-electron chi connectivity index (χ0n) is 11.4. The topological polar surface area (TPSA) is 33.3 Å². The Balaban J connectivity index is 1.76. The van der Waals surface area contributed by atoms with E-state index in [9.17, 15) is 0 Å². The van der Waals surface area contributed by atoms with E-state index < -0.39 is 0 Å². The van der Waals surface area contributed by atoms with E-state index in [4.69, 9.17) is 17.0 Å². The minimum absolute atomic E-state index is 0.693. The van der Waals surface area contributed by atoms with Gasteiger partial charge in [0.05, 0.1) is 7.11 Å². The molecule has 1 aromatic carbocycles. The number of benzene rings is 1. The maximum Gasteiger partial charge on any atom is 0.170 e. The summed E-state index contributed by atoms with van der Waals surface area (Å²) in [6.07, 6.45) is 6.78. The van der Waals surface area contributed by atoms with Gasteiger partial charge in [0.25, 0.3) is 0 Å². The summed E-state index contributed by atoms with van der Waals surface area (Å²) in [5.41, 5.74) is 0.959. The van der Waals surface area contributed by atoms with E-state index >= 15 is 0 Å². The van der Waals surface area contributed by atoms with Crippen LogP contribution in [-0.4, -0.2) is 18.8 Å². The molecule has 3 nitrogen and oxygen atoms in total. The van der Waals surface area contributed by atoms with Crippen molar-refractivity contribution < 1.29 is 4.74 Å². The van der Waals surface area contributed by atoms with Crippen LogP contribution in [0.15, 0.2) is 24.3 Å². The predicted molar refractivity (Wildman–Crippen MR) is 83.8 cm³/mol. The number of anilines is 1. The van der Waals surface area contributed by atoms with Crippen LogP contribution in [0.3, 0.4) is 0 Å². The molecule has 0 atom stereocenters. The summed E-state index contributed by atoms with van der Waals surface area (Å²) >= 11 is 5.32. The van der Waals surface area contributed by atoms with Gasteiger partial charge in [0.2, 0.25) is 0 Å². The summed E-state index contributed by atoms with van der Waals surface area (Å²) < 4.78 is 5.19. The molecule has 0 spiro atoms. The highest BCUT2D eigenvalue weighted by molar-refractivity contribution is 7.80. The third kappa shape index (κ3) is 4.71. The molecule has 0 aromatic heterocycles. The Labute approximate surface area is 120 Å². The Bertz CT molecular complexity index is 416. The second-order valence-corrected chi connectivity index (χ2v) is 5.48. The molecule has 4 heteroatoms. The number of thiocarbonyl (C=S) groups is 1. The van der Waals surface area contributed by atoms with Gasteiger partial charge in [-0.05, 0) is 43.1 Å². The zero-order chi connectivity index (χ0) is 13.5. The highest BCUT2D eigenvalue weighted by Crippen LogP contribution is 2.22. The van der Waals surface area contributed by atoms with E-state index in [0.717, 1.165) is 23.9 Å². The molecule has 0 saturated heterocycles. The molecule has 1 saturated carbocycles. The van der Waals surface area contributed by atoms with Crippen molar-refractivity contribution in [2.45, 2.75) is 32.1 Å². The summed E-state index contributed by atoms with van der Waals surface area (Å²) in [5.74, 6) is 1.61. The molecule has 19 heavy (non-hydrogen) atoms. The van der Waals surface area contributed by atoms with E-state index in [2.05, 4.69) is 10.6 Å². The molecule has 2 rings (SSSR count). The average Bonchev–Trinajstić information content (AvgIpc) is 2.46. The van der Waals surface area contributed by atoms with Gasteiger partial charge in [-0.3, -0.25) is 0 Å². The summed E-state index contributed by atoms with van der Waals surface area (Å²) in [7, 11) is 1.67. The van der Waals surface area contributed by atoms with Crippen molar-refractivity contribution in [3.63, 3.8) is 0 Å². The SMILES string of the molecule is COc1cccc(NC(=S)NCC2CCCCC2)c1. The van der Waals surface area contributed by atoms with Gasteiger partial charge in [-0.2, -0.15) is 0 Å². The van der Waals surface area contributed by atoms with Crippen LogP contribution in [-0.2, 0) is 0 Å². The second kappa shape index (κ2) is 7.34. The summed E-state index contributed by atoms with van der Waals surface area (Å²) in [4.78, 5) is 0. The van der Waals surface area contributed by atoms with Crippen LogP contribution in [0, 0.1) is 5.92 Å². The van der Waals surface area contributed by atoms with Gasteiger partial charge in [0.1, 0.15) is 5.75 Å². The molecule has 0 bridgehead atoms. The minimum Gasteiger partial charge on any atom is -0.497 e. The van der Waals surface area contributed by atoms with E-state index in [1.54, 1.807) is 7.11 Å². The highest BCUT2D eigenvalue weighted by atomic mass is 32.1. The molecule has 1 aromatic rings. The van der Waals surface area contributed by atoms with Crippen molar-refractivity contribution in [2.24, 2.45) is 5.92 Å². The third-order valence-electron chi connectivity index (χ3n) is 3.60. The molecule has 0 unspecified atom stereocenters. The molecule has 104 valence electrons. The van der Waals surface area contributed by atoms with Gasteiger partial charge < -0.3 is 15.4 Å². The first-order valence-electron chi connectivity index (χ1n) is 6.97. The zero-order valence-corrected chi connectivity index (χ0v) is 12.3. The van der Waals surface area contributed by atoms with Gasteiger partial charge in [0.15, 0.2) is 5.11 Å². The molecule has 0 amide bonds. The van der Waals surface area contributed by atoms with E-state index in [-0.39, 0.29) is 0 Å². The first kappa shape index (κ1) is 14.1. The lowest BCUT2D eigenvalue weighted by Crippen LogP contribution is -2.33. The summed E-state index contributed by atoms with van der Waals surface area (Å²) in [5, 5.41) is 7.21. The van der Waals surface area contributed by atoms with Crippen molar-refractivity contribution in [2.75, 3.05) is 19.0 Å². The van der Waals surface area contributed by atoms with Gasteiger partial charge in [-0.15, -0.1) is 0 Å². The Morgan fingerprint density at radius 3 is 2.84 bits per heavy atom. The number of methoxy groups -OCH3 is 1. The molecule has 1 aliphatic carbocycles. The molecule has 1 aliphatic rings. The molecule has 0 aliphatic heterocycles.